The monoisotopic (exact) mass is 766 g/mol. The number of nitrogens with zero attached hydrogens (tertiary/aromatic N) is 2. The summed E-state index contributed by atoms with van der Waals surface area (Å²) in [4.78, 5) is 2.53. The molecule has 0 N–H and O–H groups in total. The van der Waals surface area contributed by atoms with Crippen LogP contribution >= 0.6 is 0 Å². The molecule has 2 nitrogen and oxygen atoms in total. The standard InChI is InChI=1S/C58H42N2/c1-57(2)48-29-14-11-28-46(48)56-51(57)32-19-35-55(56)59(52-33-17-12-24-42(52)39-20-5-3-6-21-39)41-36-37-54-47(38-41)45-27-13-18-34-53(45)60(54)58(40-22-7-4-8-23-40)49-30-15-9-25-43(49)44-26-10-16-31-50(44)58/h3-38H,1-2H3. The molecule has 2 aliphatic rings. The Hall–Kier alpha value is -7.42. The van der Waals surface area contributed by atoms with Crippen molar-refractivity contribution in [1.82, 2.24) is 4.57 Å². The van der Waals surface area contributed by atoms with Crippen molar-refractivity contribution in [3.63, 3.8) is 0 Å². The Morgan fingerprint density at radius 2 is 0.917 bits per heavy atom. The summed E-state index contributed by atoms with van der Waals surface area (Å²) < 4.78 is 2.64. The number of hydrogen-bond acceptors (Lipinski definition) is 1. The van der Waals surface area contributed by atoms with E-state index in [1.54, 1.807) is 0 Å². The lowest BCUT2D eigenvalue weighted by Crippen LogP contribution is -2.35. The van der Waals surface area contributed by atoms with Gasteiger partial charge in [-0.05, 0) is 86.5 Å². The first kappa shape index (κ1) is 34.6. The zero-order valence-corrected chi connectivity index (χ0v) is 33.7. The highest BCUT2D eigenvalue weighted by atomic mass is 15.2. The van der Waals surface area contributed by atoms with Crippen LogP contribution in [0.1, 0.15) is 41.7 Å². The molecule has 0 fully saturated rings. The van der Waals surface area contributed by atoms with Crippen molar-refractivity contribution < 1.29 is 0 Å². The molecule has 1 heterocycles. The number of benzene rings is 9. The molecule has 284 valence electrons. The number of fused-ring (bicyclic) bond motifs is 9. The van der Waals surface area contributed by atoms with E-state index in [1.807, 2.05) is 0 Å². The molecule has 0 amide bonds. The fourth-order valence-electron chi connectivity index (χ4n) is 10.9. The molecule has 10 aromatic rings. The average Bonchev–Trinajstić information content (AvgIpc) is 3.89. The smallest absolute Gasteiger partial charge is 0.122 e. The highest BCUT2D eigenvalue weighted by Gasteiger charge is 2.47. The molecule has 0 radical (unpaired) electrons. The first-order chi connectivity index (χ1) is 29.6. The average molecular weight is 767 g/mol. The van der Waals surface area contributed by atoms with Gasteiger partial charge in [0.1, 0.15) is 5.54 Å². The third-order valence-electron chi connectivity index (χ3n) is 13.4. The zero-order chi connectivity index (χ0) is 40.0. The van der Waals surface area contributed by atoms with Crippen molar-refractivity contribution in [2.24, 2.45) is 0 Å². The summed E-state index contributed by atoms with van der Waals surface area (Å²) in [7, 11) is 0. The van der Waals surface area contributed by atoms with Crippen molar-refractivity contribution in [3.05, 3.63) is 246 Å². The van der Waals surface area contributed by atoms with Crippen LogP contribution in [-0.4, -0.2) is 4.57 Å². The fraction of sp³-hybridized carbons (Fsp3) is 0.0690. The van der Waals surface area contributed by atoms with E-state index in [0.717, 1.165) is 11.4 Å². The third-order valence-corrected chi connectivity index (χ3v) is 13.4. The van der Waals surface area contributed by atoms with Gasteiger partial charge in [0.05, 0.1) is 22.4 Å². The van der Waals surface area contributed by atoms with Crippen LogP contribution in [0, 0.1) is 0 Å². The Morgan fingerprint density at radius 1 is 0.383 bits per heavy atom. The van der Waals surface area contributed by atoms with Gasteiger partial charge in [0.25, 0.3) is 0 Å². The molecule has 1 aromatic heterocycles. The minimum Gasteiger partial charge on any atom is -0.322 e. The Labute approximate surface area is 351 Å². The second-order valence-electron chi connectivity index (χ2n) is 16.8. The predicted molar refractivity (Wildman–Crippen MR) is 251 cm³/mol. The van der Waals surface area contributed by atoms with Crippen LogP contribution in [-0.2, 0) is 11.0 Å². The van der Waals surface area contributed by atoms with Gasteiger partial charge in [-0.2, -0.15) is 0 Å². The summed E-state index contributed by atoms with van der Waals surface area (Å²) in [5.74, 6) is 0. The highest BCUT2D eigenvalue weighted by molar-refractivity contribution is 6.11. The number of rotatable bonds is 6. The summed E-state index contributed by atoms with van der Waals surface area (Å²) in [6.07, 6.45) is 0. The van der Waals surface area contributed by atoms with Gasteiger partial charge in [0.15, 0.2) is 0 Å². The van der Waals surface area contributed by atoms with Crippen molar-refractivity contribution in [1.29, 1.82) is 0 Å². The Kier molecular flexibility index (Phi) is 7.52. The summed E-state index contributed by atoms with van der Waals surface area (Å²) in [5, 5.41) is 2.45. The molecule has 12 rings (SSSR count). The van der Waals surface area contributed by atoms with Crippen LogP contribution in [0.5, 0.6) is 0 Å². The molecule has 0 saturated heterocycles. The number of aromatic nitrogens is 1. The van der Waals surface area contributed by atoms with Gasteiger partial charge in [-0.1, -0.05) is 196 Å². The molecule has 2 aliphatic carbocycles. The summed E-state index contributed by atoms with van der Waals surface area (Å²) >= 11 is 0. The molecule has 0 atom stereocenters. The minimum absolute atomic E-state index is 0.135. The molecule has 2 heteroatoms. The fourth-order valence-corrected chi connectivity index (χ4v) is 10.9. The quantitative estimate of drug-likeness (QED) is 0.164. The van der Waals surface area contributed by atoms with Crippen molar-refractivity contribution >= 4 is 38.9 Å². The molecule has 0 bridgehead atoms. The van der Waals surface area contributed by atoms with Gasteiger partial charge in [0, 0.05) is 33.0 Å². The van der Waals surface area contributed by atoms with Crippen LogP contribution < -0.4 is 4.90 Å². The lowest BCUT2D eigenvalue weighted by atomic mass is 9.80. The molecular weight excluding hydrogens is 725 g/mol. The first-order valence-electron chi connectivity index (χ1n) is 21.0. The van der Waals surface area contributed by atoms with Crippen LogP contribution in [0.4, 0.5) is 17.1 Å². The van der Waals surface area contributed by atoms with Crippen LogP contribution in [0.3, 0.4) is 0 Å². The number of para-hydroxylation sites is 2. The van der Waals surface area contributed by atoms with Gasteiger partial charge in [-0.3, -0.25) is 0 Å². The SMILES string of the molecule is CC1(C)c2ccccc2-c2c(N(c3ccc4c(c3)c3ccccc3n4C3(c4ccccc4)c4ccccc4-c4ccccc43)c3ccccc3-c3ccccc3)cccc21. The topological polar surface area (TPSA) is 8.17 Å². The van der Waals surface area contributed by atoms with E-state index in [9.17, 15) is 0 Å². The van der Waals surface area contributed by atoms with E-state index in [1.165, 1.54) is 88.7 Å². The molecule has 0 saturated carbocycles. The molecule has 0 aliphatic heterocycles. The number of anilines is 3. The van der Waals surface area contributed by atoms with Gasteiger partial charge in [-0.25, -0.2) is 0 Å². The second-order valence-corrected chi connectivity index (χ2v) is 16.8. The van der Waals surface area contributed by atoms with Gasteiger partial charge < -0.3 is 9.47 Å². The van der Waals surface area contributed by atoms with Crippen molar-refractivity contribution in [2.45, 2.75) is 24.8 Å². The summed E-state index contributed by atoms with van der Waals surface area (Å²) in [6, 6.07) is 81.0. The molecular formula is C58H42N2. The minimum atomic E-state index is -0.605. The van der Waals surface area contributed by atoms with Gasteiger partial charge in [0.2, 0.25) is 0 Å². The van der Waals surface area contributed by atoms with E-state index >= 15 is 0 Å². The maximum absolute atomic E-state index is 2.64. The molecule has 9 aromatic carbocycles. The third kappa shape index (κ3) is 4.70. The Balaban J connectivity index is 1.18. The molecule has 0 spiro atoms. The maximum Gasteiger partial charge on any atom is 0.122 e. The van der Waals surface area contributed by atoms with E-state index in [0.29, 0.717) is 0 Å². The summed E-state index contributed by atoms with van der Waals surface area (Å²) in [5.41, 5.74) is 19.2. The molecule has 60 heavy (non-hydrogen) atoms. The first-order valence-corrected chi connectivity index (χ1v) is 21.0. The van der Waals surface area contributed by atoms with E-state index in [2.05, 4.69) is 242 Å². The Bertz CT molecular complexity index is 3250. The lowest BCUT2D eigenvalue weighted by molar-refractivity contribution is 0.564. The number of hydrogen-bond donors (Lipinski definition) is 0. The van der Waals surface area contributed by atoms with Gasteiger partial charge >= 0.3 is 0 Å². The normalized spacial score (nSPS) is 14.1. The lowest BCUT2D eigenvalue weighted by Gasteiger charge is -2.36. The van der Waals surface area contributed by atoms with Crippen LogP contribution in [0.25, 0.3) is 55.2 Å². The van der Waals surface area contributed by atoms with Gasteiger partial charge in [-0.15, -0.1) is 0 Å². The second kappa shape index (κ2) is 13.0. The van der Waals surface area contributed by atoms with Crippen LogP contribution in [0.15, 0.2) is 218 Å². The Morgan fingerprint density at radius 3 is 1.65 bits per heavy atom. The van der Waals surface area contributed by atoms with E-state index in [4.69, 9.17) is 0 Å². The maximum atomic E-state index is 2.64. The zero-order valence-electron chi connectivity index (χ0n) is 33.7. The van der Waals surface area contributed by atoms with Crippen molar-refractivity contribution in [2.75, 3.05) is 4.90 Å². The summed E-state index contributed by atoms with van der Waals surface area (Å²) in [6.45, 7) is 4.74. The van der Waals surface area contributed by atoms with Crippen molar-refractivity contribution in [3.8, 4) is 33.4 Å². The van der Waals surface area contributed by atoms with E-state index < -0.39 is 5.54 Å². The van der Waals surface area contributed by atoms with Crippen LogP contribution in [0.2, 0.25) is 0 Å². The van der Waals surface area contributed by atoms with E-state index in [-0.39, 0.29) is 5.41 Å². The molecule has 0 unspecified atom stereocenters. The highest BCUT2D eigenvalue weighted by Crippen LogP contribution is 2.58. The largest absolute Gasteiger partial charge is 0.322 e. The predicted octanol–water partition coefficient (Wildman–Crippen LogP) is 15.1.